The van der Waals surface area contributed by atoms with E-state index in [1.165, 1.54) is 30.5 Å². The number of rotatable bonds is 3. The van der Waals surface area contributed by atoms with Gasteiger partial charge in [-0.1, -0.05) is 69.6 Å². The average Bonchev–Trinajstić information content (AvgIpc) is 2.62. The molecule has 0 saturated heterocycles. The van der Waals surface area contributed by atoms with Gasteiger partial charge in [0.2, 0.25) is 0 Å². The van der Waals surface area contributed by atoms with E-state index in [0.29, 0.717) is 5.56 Å². The summed E-state index contributed by atoms with van der Waals surface area (Å²) in [5, 5.41) is 11.0. The third kappa shape index (κ3) is 3.86. The van der Waals surface area contributed by atoms with Gasteiger partial charge >= 0.3 is 5.97 Å². The molecule has 3 nitrogen and oxygen atoms in total. The minimum absolute atomic E-state index is 0.0989. The van der Waals surface area contributed by atoms with E-state index in [1.54, 1.807) is 6.07 Å². The molecule has 0 radical (unpaired) electrons. The lowest BCUT2D eigenvalue weighted by molar-refractivity contribution is 0.0697. The molecular formula is C18H7Cl6NO2. The summed E-state index contributed by atoms with van der Waals surface area (Å²) in [5.74, 6) is -1.21. The van der Waals surface area contributed by atoms with Crippen LogP contribution in [0.2, 0.25) is 30.1 Å². The van der Waals surface area contributed by atoms with E-state index in [9.17, 15) is 9.90 Å². The fourth-order valence-electron chi connectivity index (χ4n) is 2.50. The van der Waals surface area contributed by atoms with Crippen LogP contribution >= 0.6 is 69.6 Å². The Balaban J connectivity index is 2.30. The number of pyridine rings is 1. The van der Waals surface area contributed by atoms with Crippen molar-refractivity contribution >= 4 is 75.6 Å². The Morgan fingerprint density at radius 3 is 1.81 bits per heavy atom. The minimum atomic E-state index is -1.21. The molecule has 27 heavy (non-hydrogen) atoms. The molecule has 0 fully saturated rings. The van der Waals surface area contributed by atoms with Crippen LogP contribution in [0.25, 0.3) is 22.4 Å². The van der Waals surface area contributed by atoms with E-state index in [0.717, 1.165) is 0 Å². The zero-order valence-electron chi connectivity index (χ0n) is 13.0. The largest absolute Gasteiger partial charge is 0.478 e. The second-order valence-electron chi connectivity index (χ2n) is 5.36. The summed E-state index contributed by atoms with van der Waals surface area (Å²) >= 11 is 37.0. The number of nitrogens with zero attached hydrogens (tertiary/aromatic N) is 1. The van der Waals surface area contributed by atoms with Gasteiger partial charge in [-0.05, 0) is 30.3 Å². The van der Waals surface area contributed by atoms with Gasteiger partial charge in [-0.25, -0.2) is 4.79 Å². The van der Waals surface area contributed by atoms with Crippen LogP contribution in [0, 0.1) is 0 Å². The summed E-state index contributed by atoms with van der Waals surface area (Å²) in [6.45, 7) is 0. The van der Waals surface area contributed by atoms with Crippen molar-refractivity contribution in [3.8, 4) is 22.4 Å². The van der Waals surface area contributed by atoms with Crippen LogP contribution in [0.1, 0.15) is 10.4 Å². The average molecular weight is 482 g/mol. The van der Waals surface area contributed by atoms with Crippen LogP contribution in [-0.4, -0.2) is 16.1 Å². The number of halogens is 6. The fraction of sp³-hybridized carbons (Fsp3) is 0. The molecule has 0 amide bonds. The molecule has 3 rings (SSSR count). The number of carboxylic acid groups (broad SMARTS) is 1. The maximum atomic E-state index is 11.9. The van der Waals surface area contributed by atoms with Gasteiger partial charge in [0, 0.05) is 22.9 Å². The maximum Gasteiger partial charge on any atom is 0.336 e. The Morgan fingerprint density at radius 1 is 0.778 bits per heavy atom. The highest BCUT2D eigenvalue weighted by Crippen LogP contribution is 2.43. The summed E-state index contributed by atoms with van der Waals surface area (Å²) in [5.41, 5.74) is 0.938. The van der Waals surface area contributed by atoms with Gasteiger partial charge in [0.15, 0.2) is 0 Å². The first-order valence-electron chi connectivity index (χ1n) is 7.23. The SMILES string of the molecule is O=C(O)c1cc(-c2c(Cl)ccc(Cl)c2Cl)ncc1-c1c(Cl)ccc(Cl)c1Cl. The number of benzene rings is 2. The van der Waals surface area contributed by atoms with E-state index >= 15 is 0 Å². The number of carbonyl (C=O) groups is 1. The van der Waals surface area contributed by atoms with Crippen molar-refractivity contribution in [1.82, 2.24) is 4.98 Å². The van der Waals surface area contributed by atoms with E-state index in [-0.39, 0.29) is 52.5 Å². The van der Waals surface area contributed by atoms with Crippen LogP contribution < -0.4 is 0 Å². The van der Waals surface area contributed by atoms with Crippen LogP contribution in [0.5, 0.6) is 0 Å². The lowest BCUT2D eigenvalue weighted by atomic mass is 9.99. The van der Waals surface area contributed by atoms with Crippen molar-refractivity contribution < 1.29 is 9.90 Å². The van der Waals surface area contributed by atoms with Crippen LogP contribution in [0.3, 0.4) is 0 Å². The standard InChI is InChI=1S/C18H7Cl6NO2/c19-9-1-3-11(21)16(23)14(9)8-6-25-13(5-7(8)18(26)27)15-10(20)2-4-12(22)17(15)24/h1-6H,(H,26,27). The molecule has 0 atom stereocenters. The van der Waals surface area contributed by atoms with E-state index < -0.39 is 5.97 Å². The quantitative estimate of drug-likeness (QED) is 0.385. The normalized spacial score (nSPS) is 10.9. The third-order valence-electron chi connectivity index (χ3n) is 3.75. The first kappa shape index (κ1) is 20.5. The highest BCUT2D eigenvalue weighted by atomic mass is 35.5. The smallest absolute Gasteiger partial charge is 0.336 e. The van der Waals surface area contributed by atoms with E-state index in [4.69, 9.17) is 69.6 Å². The zero-order valence-corrected chi connectivity index (χ0v) is 17.6. The lowest BCUT2D eigenvalue weighted by Gasteiger charge is -2.14. The first-order valence-corrected chi connectivity index (χ1v) is 9.50. The summed E-state index contributed by atoms with van der Waals surface area (Å²) in [6, 6.07) is 7.45. The highest BCUT2D eigenvalue weighted by molar-refractivity contribution is 6.47. The molecule has 138 valence electrons. The van der Waals surface area contributed by atoms with Gasteiger partial charge in [0.25, 0.3) is 0 Å². The van der Waals surface area contributed by atoms with Crippen molar-refractivity contribution in [3.63, 3.8) is 0 Å². The molecule has 1 heterocycles. The van der Waals surface area contributed by atoms with Crippen molar-refractivity contribution in [3.05, 3.63) is 72.2 Å². The summed E-state index contributed by atoms with van der Waals surface area (Å²) < 4.78 is 0. The molecule has 1 N–H and O–H groups in total. The monoisotopic (exact) mass is 479 g/mol. The Bertz CT molecular complexity index is 1080. The fourth-order valence-corrected chi connectivity index (χ4v) is 3.96. The Kier molecular flexibility index (Phi) is 6.11. The van der Waals surface area contributed by atoms with Gasteiger partial charge in [0.1, 0.15) is 0 Å². The summed E-state index contributed by atoms with van der Waals surface area (Å²) in [7, 11) is 0. The lowest BCUT2D eigenvalue weighted by Crippen LogP contribution is -2.03. The number of carboxylic acids is 1. The first-order chi connectivity index (χ1) is 12.7. The van der Waals surface area contributed by atoms with E-state index in [1.807, 2.05) is 0 Å². The molecule has 0 saturated carbocycles. The predicted molar refractivity (Wildman–Crippen MR) is 112 cm³/mol. The Morgan fingerprint density at radius 2 is 1.26 bits per heavy atom. The Hall–Kier alpha value is -1.20. The topological polar surface area (TPSA) is 50.2 Å². The molecule has 0 aliphatic carbocycles. The molecule has 0 bridgehead atoms. The number of hydrogen-bond acceptors (Lipinski definition) is 2. The minimum Gasteiger partial charge on any atom is -0.478 e. The molecule has 0 aliphatic rings. The second kappa shape index (κ2) is 8.04. The van der Waals surface area contributed by atoms with Crippen LogP contribution in [0.4, 0.5) is 0 Å². The number of aromatic carboxylic acids is 1. The maximum absolute atomic E-state index is 11.9. The van der Waals surface area contributed by atoms with Gasteiger partial charge in [-0.15, -0.1) is 0 Å². The molecule has 1 aromatic heterocycles. The van der Waals surface area contributed by atoms with Crippen molar-refractivity contribution in [2.75, 3.05) is 0 Å². The number of aromatic nitrogens is 1. The van der Waals surface area contributed by atoms with Crippen LogP contribution in [-0.2, 0) is 0 Å². The van der Waals surface area contributed by atoms with Crippen molar-refractivity contribution in [2.24, 2.45) is 0 Å². The zero-order chi connectivity index (χ0) is 19.9. The van der Waals surface area contributed by atoms with Gasteiger partial charge < -0.3 is 5.11 Å². The number of hydrogen-bond donors (Lipinski definition) is 1. The van der Waals surface area contributed by atoms with Gasteiger partial charge in [-0.3, -0.25) is 4.98 Å². The molecule has 2 aromatic carbocycles. The second-order valence-corrected chi connectivity index (χ2v) is 7.74. The summed E-state index contributed by atoms with van der Waals surface area (Å²) in [6.07, 6.45) is 1.33. The van der Waals surface area contributed by atoms with Crippen LogP contribution in [0.15, 0.2) is 36.5 Å². The summed E-state index contributed by atoms with van der Waals surface area (Å²) in [4.78, 5) is 16.2. The van der Waals surface area contributed by atoms with Gasteiger partial charge in [0.05, 0.1) is 41.4 Å². The Labute approximate surface area is 184 Å². The molecule has 9 heteroatoms. The molecule has 0 spiro atoms. The molecular weight excluding hydrogens is 475 g/mol. The van der Waals surface area contributed by atoms with Gasteiger partial charge in [-0.2, -0.15) is 0 Å². The third-order valence-corrected chi connectivity index (χ3v) is 5.99. The predicted octanol–water partition coefficient (Wildman–Crippen LogP) is 8.03. The molecule has 3 aromatic rings. The molecule has 0 unspecified atom stereocenters. The van der Waals surface area contributed by atoms with Crippen molar-refractivity contribution in [1.29, 1.82) is 0 Å². The van der Waals surface area contributed by atoms with E-state index in [2.05, 4.69) is 4.98 Å². The molecule has 0 aliphatic heterocycles. The highest BCUT2D eigenvalue weighted by Gasteiger charge is 2.22. The van der Waals surface area contributed by atoms with Crippen molar-refractivity contribution in [2.45, 2.75) is 0 Å².